The molecule has 0 radical (unpaired) electrons. The van der Waals surface area contributed by atoms with E-state index >= 15 is 0 Å². The van der Waals surface area contributed by atoms with Gasteiger partial charge in [-0.15, -0.1) is 11.8 Å². The standard InChI is InChI=1S/C12H24S/c1-10-6-8-12(5,9-7-10)13-11(2,3)4/h10H,6-9H2,1-5H3. The Balaban J connectivity index is 2.48. The van der Waals surface area contributed by atoms with E-state index in [1.165, 1.54) is 25.7 Å². The smallest absolute Gasteiger partial charge is 0.0137 e. The van der Waals surface area contributed by atoms with Crippen molar-refractivity contribution in [1.82, 2.24) is 0 Å². The number of thioether (sulfide) groups is 1. The summed E-state index contributed by atoms with van der Waals surface area (Å²) in [5, 5.41) is 0. The molecule has 1 saturated carbocycles. The van der Waals surface area contributed by atoms with Crippen LogP contribution in [-0.4, -0.2) is 9.49 Å². The molecule has 0 aliphatic heterocycles. The van der Waals surface area contributed by atoms with Crippen molar-refractivity contribution in [2.45, 2.75) is 69.8 Å². The summed E-state index contributed by atoms with van der Waals surface area (Å²) >= 11 is 2.18. The van der Waals surface area contributed by atoms with E-state index < -0.39 is 0 Å². The normalized spacial score (nSPS) is 36.2. The van der Waals surface area contributed by atoms with E-state index in [0.717, 1.165) is 5.92 Å². The maximum atomic E-state index is 2.45. The lowest BCUT2D eigenvalue weighted by Gasteiger charge is -2.40. The van der Waals surface area contributed by atoms with Gasteiger partial charge in [-0.3, -0.25) is 0 Å². The Morgan fingerprint density at radius 2 is 1.62 bits per heavy atom. The van der Waals surface area contributed by atoms with Crippen LogP contribution in [0.5, 0.6) is 0 Å². The molecule has 0 N–H and O–H groups in total. The molecule has 0 nitrogen and oxygen atoms in total. The Kier molecular flexibility index (Phi) is 3.38. The van der Waals surface area contributed by atoms with Gasteiger partial charge >= 0.3 is 0 Å². The Labute approximate surface area is 87.9 Å². The van der Waals surface area contributed by atoms with Crippen LogP contribution in [0.15, 0.2) is 0 Å². The van der Waals surface area contributed by atoms with Crippen molar-refractivity contribution in [2.24, 2.45) is 5.92 Å². The van der Waals surface area contributed by atoms with Gasteiger partial charge in [-0.05, 0) is 31.6 Å². The maximum absolute atomic E-state index is 2.45. The fourth-order valence-electron chi connectivity index (χ4n) is 2.21. The third-order valence-corrected chi connectivity index (χ3v) is 4.40. The Morgan fingerprint density at radius 1 is 1.15 bits per heavy atom. The van der Waals surface area contributed by atoms with Crippen molar-refractivity contribution in [3.05, 3.63) is 0 Å². The second-order valence-electron chi connectivity index (χ2n) is 5.85. The van der Waals surface area contributed by atoms with Crippen LogP contribution in [0.4, 0.5) is 0 Å². The lowest BCUT2D eigenvalue weighted by Crippen LogP contribution is -2.31. The number of hydrogen-bond acceptors (Lipinski definition) is 1. The number of rotatable bonds is 1. The minimum absolute atomic E-state index is 0.426. The molecule has 0 saturated heterocycles. The summed E-state index contributed by atoms with van der Waals surface area (Å²) in [6, 6.07) is 0. The summed E-state index contributed by atoms with van der Waals surface area (Å²) in [5.74, 6) is 0.966. The van der Waals surface area contributed by atoms with E-state index in [9.17, 15) is 0 Å². The molecule has 1 rings (SSSR count). The SMILES string of the molecule is CC1CCC(C)(SC(C)(C)C)CC1. The molecule has 0 heterocycles. The van der Waals surface area contributed by atoms with Crippen molar-refractivity contribution < 1.29 is 0 Å². The highest BCUT2D eigenvalue weighted by molar-refractivity contribution is 8.01. The Bertz CT molecular complexity index is 158. The molecule has 1 heteroatoms. The summed E-state index contributed by atoms with van der Waals surface area (Å²) < 4.78 is 0.986. The highest BCUT2D eigenvalue weighted by atomic mass is 32.2. The molecular formula is C12H24S. The molecule has 13 heavy (non-hydrogen) atoms. The topological polar surface area (TPSA) is 0 Å². The van der Waals surface area contributed by atoms with E-state index in [4.69, 9.17) is 0 Å². The van der Waals surface area contributed by atoms with Gasteiger partial charge < -0.3 is 0 Å². The van der Waals surface area contributed by atoms with Crippen LogP contribution in [0.2, 0.25) is 0 Å². The largest absolute Gasteiger partial charge is 0.149 e. The molecular weight excluding hydrogens is 176 g/mol. The van der Waals surface area contributed by atoms with Gasteiger partial charge in [-0.1, -0.05) is 34.6 Å². The molecule has 1 fully saturated rings. The van der Waals surface area contributed by atoms with Crippen LogP contribution in [0.3, 0.4) is 0 Å². The van der Waals surface area contributed by atoms with Gasteiger partial charge in [0.1, 0.15) is 0 Å². The summed E-state index contributed by atoms with van der Waals surface area (Å²) in [7, 11) is 0. The van der Waals surface area contributed by atoms with Crippen LogP contribution >= 0.6 is 11.8 Å². The first kappa shape index (κ1) is 11.4. The van der Waals surface area contributed by atoms with Crippen LogP contribution in [0, 0.1) is 5.92 Å². The van der Waals surface area contributed by atoms with Crippen LogP contribution in [0.1, 0.15) is 60.3 Å². The molecule has 78 valence electrons. The van der Waals surface area contributed by atoms with Crippen molar-refractivity contribution in [3.8, 4) is 0 Å². The first-order valence-electron chi connectivity index (χ1n) is 5.51. The predicted molar refractivity (Wildman–Crippen MR) is 63.4 cm³/mol. The van der Waals surface area contributed by atoms with Gasteiger partial charge in [0.2, 0.25) is 0 Å². The summed E-state index contributed by atoms with van der Waals surface area (Å²) in [6.07, 6.45) is 5.69. The van der Waals surface area contributed by atoms with E-state index in [1.807, 2.05) is 0 Å². The molecule has 0 amide bonds. The first-order chi connectivity index (χ1) is 5.81. The van der Waals surface area contributed by atoms with Crippen molar-refractivity contribution in [1.29, 1.82) is 0 Å². The third kappa shape index (κ3) is 3.93. The second kappa shape index (κ2) is 3.84. The fraction of sp³-hybridized carbons (Fsp3) is 1.00. The van der Waals surface area contributed by atoms with Crippen molar-refractivity contribution >= 4 is 11.8 Å². The summed E-state index contributed by atoms with van der Waals surface area (Å²) in [4.78, 5) is 0. The summed E-state index contributed by atoms with van der Waals surface area (Å²) in [5.41, 5.74) is 0. The fourth-order valence-corrected chi connectivity index (χ4v) is 4.13. The molecule has 1 aliphatic rings. The Hall–Kier alpha value is 0.350. The van der Waals surface area contributed by atoms with Gasteiger partial charge in [-0.25, -0.2) is 0 Å². The highest BCUT2D eigenvalue weighted by Gasteiger charge is 2.33. The van der Waals surface area contributed by atoms with Crippen LogP contribution in [-0.2, 0) is 0 Å². The van der Waals surface area contributed by atoms with E-state index in [1.54, 1.807) is 0 Å². The monoisotopic (exact) mass is 200 g/mol. The Morgan fingerprint density at radius 3 is 2.00 bits per heavy atom. The minimum atomic E-state index is 0.426. The van der Waals surface area contributed by atoms with Gasteiger partial charge in [0.05, 0.1) is 0 Å². The molecule has 0 aromatic carbocycles. The summed E-state index contributed by atoms with van der Waals surface area (Å²) in [6.45, 7) is 11.8. The minimum Gasteiger partial charge on any atom is -0.149 e. The highest BCUT2D eigenvalue weighted by Crippen LogP contribution is 2.46. The average Bonchev–Trinajstić information content (AvgIpc) is 1.92. The van der Waals surface area contributed by atoms with Crippen molar-refractivity contribution in [3.63, 3.8) is 0 Å². The second-order valence-corrected chi connectivity index (χ2v) is 8.26. The lowest BCUT2D eigenvalue weighted by molar-refractivity contribution is 0.332. The molecule has 0 atom stereocenters. The van der Waals surface area contributed by atoms with Crippen LogP contribution in [0.25, 0.3) is 0 Å². The zero-order valence-electron chi connectivity index (χ0n) is 9.81. The zero-order chi connectivity index (χ0) is 10.1. The molecule has 0 unspecified atom stereocenters. The van der Waals surface area contributed by atoms with Gasteiger partial charge in [0.15, 0.2) is 0 Å². The molecule has 0 aromatic heterocycles. The van der Waals surface area contributed by atoms with Crippen LogP contribution < -0.4 is 0 Å². The molecule has 0 bridgehead atoms. The first-order valence-corrected chi connectivity index (χ1v) is 6.33. The maximum Gasteiger partial charge on any atom is 0.0137 e. The van der Waals surface area contributed by atoms with Crippen molar-refractivity contribution in [2.75, 3.05) is 0 Å². The molecule has 0 aromatic rings. The van der Waals surface area contributed by atoms with Gasteiger partial charge in [0, 0.05) is 9.49 Å². The average molecular weight is 200 g/mol. The molecule has 0 spiro atoms. The zero-order valence-corrected chi connectivity index (χ0v) is 10.6. The molecule has 1 aliphatic carbocycles. The van der Waals surface area contributed by atoms with E-state index in [2.05, 4.69) is 46.4 Å². The predicted octanol–water partition coefficient (Wildman–Crippen LogP) is 4.49. The van der Waals surface area contributed by atoms with Gasteiger partial charge in [0.25, 0.3) is 0 Å². The third-order valence-electron chi connectivity index (χ3n) is 2.88. The van der Waals surface area contributed by atoms with Gasteiger partial charge in [-0.2, -0.15) is 0 Å². The number of hydrogen-bond donors (Lipinski definition) is 0. The van der Waals surface area contributed by atoms with E-state index in [0.29, 0.717) is 9.49 Å². The lowest BCUT2D eigenvalue weighted by atomic mass is 9.83. The van der Waals surface area contributed by atoms with E-state index in [-0.39, 0.29) is 0 Å². The quantitative estimate of drug-likeness (QED) is 0.601.